The molecule has 0 aliphatic rings. The molecule has 0 aliphatic heterocycles. The van der Waals surface area contributed by atoms with E-state index in [0.717, 1.165) is 15.6 Å². The van der Waals surface area contributed by atoms with Crippen molar-refractivity contribution in [1.29, 1.82) is 5.26 Å². The van der Waals surface area contributed by atoms with Gasteiger partial charge in [-0.1, -0.05) is 40.2 Å². The van der Waals surface area contributed by atoms with Crippen LogP contribution < -0.4 is 0 Å². The van der Waals surface area contributed by atoms with Crippen molar-refractivity contribution in [3.63, 3.8) is 0 Å². The second-order valence-corrected chi connectivity index (χ2v) is 6.90. The molecule has 0 aliphatic carbocycles. The van der Waals surface area contributed by atoms with Crippen LogP contribution in [0.5, 0.6) is 0 Å². The number of rotatable bonds is 6. The van der Waals surface area contributed by atoms with Gasteiger partial charge in [-0.15, -0.1) is 0 Å². The van der Waals surface area contributed by atoms with Crippen LogP contribution in [-0.4, -0.2) is 10.7 Å². The first-order chi connectivity index (χ1) is 12.3. The molecule has 2 aromatic rings. The SMILES string of the molecule is CC(=O)/C(=C/c1cccc(Br)c1)CC(C#N)c1ccc(C)cc1[N+](=O)[O-]. The minimum absolute atomic E-state index is 0.0955. The van der Waals surface area contributed by atoms with Gasteiger partial charge in [0.25, 0.3) is 5.69 Å². The first kappa shape index (κ1) is 19.5. The van der Waals surface area contributed by atoms with E-state index in [1.807, 2.05) is 24.3 Å². The van der Waals surface area contributed by atoms with E-state index in [9.17, 15) is 20.2 Å². The number of benzene rings is 2. The third-order valence-electron chi connectivity index (χ3n) is 3.98. The van der Waals surface area contributed by atoms with Crippen molar-refractivity contribution in [3.05, 3.63) is 79.3 Å². The maximum Gasteiger partial charge on any atom is 0.274 e. The van der Waals surface area contributed by atoms with Crippen molar-refractivity contribution in [2.24, 2.45) is 0 Å². The zero-order valence-electron chi connectivity index (χ0n) is 14.4. The van der Waals surface area contributed by atoms with Crippen molar-refractivity contribution < 1.29 is 9.72 Å². The molecule has 1 unspecified atom stereocenters. The molecular formula is C20H17BrN2O3. The normalized spacial score (nSPS) is 12.3. The average Bonchev–Trinajstić information content (AvgIpc) is 2.58. The van der Waals surface area contributed by atoms with Gasteiger partial charge in [-0.2, -0.15) is 5.26 Å². The van der Waals surface area contributed by atoms with Gasteiger partial charge < -0.3 is 0 Å². The molecule has 0 radical (unpaired) electrons. The molecule has 6 heteroatoms. The number of Topliss-reactive ketones (excluding diaryl/α,β-unsaturated/α-hetero) is 1. The number of nitro groups is 1. The Hall–Kier alpha value is -2.78. The van der Waals surface area contributed by atoms with Gasteiger partial charge in [0.2, 0.25) is 0 Å². The van der Waals surface area contributed by atoms with Gasteiger partial charge in [0, 0.05) is 16.1 Å². The van der Waals surface area contributed by atoms with E-state index >= 15 is 0 Å². The second kappa shape index (κ2) is 8.54. The fourth-order valence-corrected chi connectivity index (χ4v) is 3.07. The van der Waals surface area contributed by atoms with Crippen LogP contribution in [0.15, 0.2) is 52.5 Å². The molecule has 0 saturated carbocycles. The summed E-state index contributed by atoms with van der Waals surface area (Å²) in [6.45, 7) is 3.19. The lowest BCUT2D eigenvalue weighted by Crippen LogP contribution is -2.06. The Morgan fingerprint density at radius 1 is 1.35 bits per heavy atom. The Morgan fingerprint density at radius 3 is 2.65 bits per heavy atom. The van der Waals surface area contributed by atoms with Crippen LogP contribution in [0.1, 0.15) is 36.0 Å². The number of carbonyl (C=O) groups is 1. The van der Waals surface area contributed by atoms with Crippen LogP contribution in [0.25, 0.3) is 6.08 Å². The predicted octanol–water partition coefficient (Wildman–Crippen LogP) is 5.34. The fraction of sp³-hybridized carbons (Fsp3) is 0.200. The number of ketones is 1. The van der Waals surface area contributed by atoms with Gasteiger partial charge >= 0.3 is 0 Å². The Balaban J connectivity index is 2.43. The van der Waals surface area contributed by atoms with Crippen molar-refractivity contribution in [1.82, 2.24) is 0 Å². The van der Waals surface area contributed by atoms with E-state index in [4.69, 9.17) is 0 Å². The van der Waals surface area contributed by atoms with Crippen LogP contribution in [0.4, 0.5) is 5.69 Å². The highest BCUT2D eigenvalue weighted by Gasteiger charge is 2.24. The van der Waals surface area contributed by atoms with Crippen LogP contribution in [0, 0.1) is 28.4 Å². The zero-order valence-corrected chi connectivity index (χ0v) is 16.0. The molecular weight excluding hydrogens is 396 g/mol. The number of aryl methyl sites for hydroxylation is 1. The van der Waals surface area contributed by atoms with Crippen molar-refractivity contribution in [2.75, 3.05) is 0 Å². The molecule has 0 aromatic heterocycles. The Labute approximate surface area is 160 Å². The molecule has 5 nitrogen and oxygen atoms in total. The Morgan fingerprint density at radius 2 is 2.08 bits per heavy atom. The maximum atomic E-state index is 12.1. The van der Waals surface area contributed by atoms with Crippen LogP contribution in [-0.2, 0) is 4.79 Å². The van der Waals surface area contributed by atoms with Crippen molar-refractivity contribution in [3.8, 4) is 6.07 Å². The number of nitrogens with zero attached hydrogens (tertiary/aromatic N) is 2. The monoisotopic (exact) mass is 412 g/mol. The standard InChI is InChI=1S/C20H17BrN2O3/c1-13-6-7-19(20(8-13)23(25)26)17(12-22)11-16(14(2)24)9-15-4-3-5-18(21)10-15/h3-10,17H,11H2,1-2H3/b16-9+. The van der Waals surface area contributed by atoms with E-state index in [2.05, 4.69) is 22.0 Å². The Bertz CT molecular complexity index is 929. The molecule has 2 rings (SSSR count). The number of halogens is 1. The van der Waals surface area contributed by atoms with E-state index in [0.29, 0.717) is 11.1 Å². The van der Waals surface area contributed by atoms with E-state index in [1.54, 1.807) is 25.1 Å². The molecule has 0 fully saturated rings. The summed E-state index contributed by atoms with van der Waals surface area (Å²) in [7, 11) is 0. The highest BCUT2D eigenvalue weighted by Crippen LogP contribution is 2.32. The lowest BCUT2D eigenvalue weighted by atomic mass is 9.89. The van der Waals surface area contributed by atoms with Gasteiger partial charge in [-0.25, -0.2) is 0 Å². The third kappa shape index (κ3) is 4.87. The Kier molecular flexibility index (Phi) is 6.42. The lowest BCUT2D eigenvalue weighted by molar-refractivity contribution is -0.385. The van der Waals surface area contributed by atoms with Crippen molar-refractivity contribution >= 4 is 33.5 Å². The summed E-state index contributed by atoms with van der Waals surface area (Å²) < 4.78 is 0.875. The first-order valence-corrected chi connectivity index (χ1v) is 8.72. The largest absolute Gasteiger partial charge is 0.295 e. The molecule has 0 N–H and O–H groups in total. The number of nitriles is 1. The molecule has 1 atom stereocenters. The number of carbonyl (C=O) groups excluding carboxylic acids is 1. The predicted molar refractivity (Wildman–Crippen MR) is 104 cm³/mol. The number of hydrogen-bond donors (Lipinski definition) is 0. The highest BCUT2D eigenvalue weighted by atomic mass is 79.9. The van der Waals surface area contributed by atoms with Crippen LogP contribution in [0.2, 0.25) is 0 Å². The van der Waals surface area contributed by atoms with Crippen LogP contribution in [0.3, 0.4) is 0 Å². The molecule has 0 heterocycles. The fourth-order valence-electron chi connectivity index (χ4n) is 2.65. The third-order valence-corrected chi connectivity index (χ3v) is 4.47. The van der Waals surface area contributed by atoms with E-state index in [1.165, 1.54) is 13.0 Å². The molecule has 0 spiro atoms. The number of hydrogen-bond acceptors (Lipinski definition) is 4. The summed E-state index contributed by atoms with van der Waals surface area (Å²) in [4.78, 5) is 22.9. The minimum Gasteiger partial charge on any atom is -0.295 e. The van der Waals surface area contributed by atoms with Gasteiger partial charge in [0.05, 0.1) is 16.9 Å². The summed E-state index contributed by atoms with van der Waals surface area (Å²) in [5, 5.41) is 20.9. The highest BCUT2D eigenvalue weighted by molar-refractivity contribution is 9.10. The van der Waals surface area contributed by atoms with Crippen LogP contribution >= 0.6 is 15.9 Å². The van der Waals surface area contributed by atoms with E-state index in [-0.39, 0.29) is 17.9 Å². The van der Waals surface area contributed by atoms with E-state index < -0.39 is 10.8 Å². The quantitative estimate of drug-likeness (QED) is 0.364. The first-order valence-electron chi connectivity index (χ1n) is 7.93. The summed E-state index contributed by atoms with van der Waals surface area (Å²) in [6.07, 6.45) is 1.83. The minimum atomic E-state index is -0.779. The number of allylic oxidation sites excluding steroid dienone is 1. The maximum absolute atomic E-state index is 12.1. The summed E-state index contributed by atoms with van der Waals surface area (Å²) in [6, 6.07) is 14.3. The second-order valence-electron chi connectivity index (χ2n) is 5.99. The van der Waals surface area contributed by atoms with Gasteiger partial charge in [0.1, 0.15) is 0 Å². The average molecular weight is 413 g/mol. The van der Waals surface area contributed by atoms with Gasteiger partial charge in [-0.3, -0.25) is 14.9 Å². The molecule has 2 aromatic carbocycles. The van der Waals surface area contributed by atoms with Gasteiger partial charge in [-0.05, 0) is 55.2 Å². The summed E-state index contributed by atoms with van der Waals surface area (Å²) in [5.41, 5.74) is 2.24. The topological polar surface area (TPSA) is 84.0 Å². The smallest absolute Gasteiger partial charge is 0.274 e. The molecule has 0 amide bonds. The molecule has 0 bridgehead atoms. The van der Waals surface area contributed by atoms with Gasteiger partial charge in [0.15, 0.2) is 5.78 Å². The van der Waals surface area contributed by atoms with Crippen molar-refractivity contribution in [2.45, 2.75) is 26.2 Å². The zero-order chi connectivity index (χ0) is 19.3. The lowest BCUT2D eigenvalue weighted by Gasteiger charge is -2.12. The summed E-state index contributed by atoms with van der Waals surface area (Å²) in [5.74, 6) is -0.946. The summed E-state index contributed by atoms with van der Waals surface area (Å²) >= 11 is 3.38. The number of nitro benzene ring substituents is 1. The molecule has 132 valence electrons. The molecule has 26 heavy (non-hydrogen) atoms. The molecule has 0 saturated heterocycles.